The Morgan fingerprint density at radius 3 is 1.36 bits per heavy atom. The smallest absolute Gasteiger partial charge is 0.339 e. The van der Waals surface area contributed by atoms with Gasteiger partial charge in [-0.05, 0) is 83.2 Å². The molecule has 0 saturated carbocycles. The van der Waals surface area contributed by atoms with Crippen LogP contribution >= 0.6 is 0 Å². The molecule has 0 spiro atoms. The molecule has 3 fully saturated rings. The van der Waals surface area contributed by atoms with Crippen LogP contribution in [-0.4, -0.2) is 166 Å². The third-order valence-corrected chi connectivity index (χ3v) is 14.9. The quantitative estimate of drug-likeness (QED) is 0.0571. The molecule has 376 valence electrons. The van der Waals surface area contributed by atoms with E-state index in [9.17, 15) is 50.4 Å². The summed E-state index contributed by atoms with van der Waals surface area (Å²) in [5, 5.41) is 94.0. The second-order valence-electron chi connectivity index (χ2n) is 19.0. The highest BCUT2D eigenvalue weighted by Crippen LogP contribution is 2.40. The Bertz CT molecular complexity index is 3200. The van der Waals surface area contributed by atoms with Gasteiger partial charge in [-0.25, -0.2) is 9.59 Å². The first-order chi connectivity index (χ1) is 34.9. The molecule has 17 nitrogen and oxygen atoms in total. The molecule has 0 aromatic heterocycles. The molecular weight excluding hydrogens is 933 g/mol. The van der Waals surface area contributed by atoms with Gasteiger partial charge in [0.25, 0.3) is 0 Å². The van der Waals surface area contributed by atoms with Gasteiger partial charge in [0.05, 0.1) is 50.3 Å². The highest BCUT2D eigenvalue weighted by molar-refractivity contribution is 6.27. The monoisotopic (exact) mass is 986 g/mol. The fraction of sp³-hybridized carbons (Fsp3) is 0.382. The Labute approximate surface area is 410 Å². The van der Waals surface area contributed by atoms with Crippen molar-refractivity contribution in [3.8, 4) is 0 Å². The molecule has 0 amide bonds. The first kappa shape index (κ1) is 48.5. The molecule has 0 aliphatic carbocycles. The summed E-state index contributed by atoms with van der Waals surface area (Å²) in [4.78, 5) is 29.6. The van der Waals surface area contributed by atoms with E-state index in [4.69, 9.17) is 33.2 Å². The van der Waals surface area contributed by atoms with Crippen LogP contribution < -0.4 is 0 Å². The minimum atomic E-state index is -1.71. The summed E-state index contributed by atoms with van der Waals surface area (Å²) in [6.45, 7) is -2.03. The van der Waals surface area contributed by atoms with E-state index in [-0.39, 0.29) is 43.8 Å². The molecule has 11 rings (SSSR count). The molecule has 0 unspecified atom stereocenters. The summed E-state index contributed by atoms with van der Waals surface area (Å²) < 4.78 is 42.6. The number of ether oxygens (including phenoxy) is 7. The normalized spacial score (nSPS) is 30.3. The predicted octanol–water partition coefficient (Wildman–Crippen LogP) is 3.66. The van der Waals surface area contributed by atoms with Gasteiger partial charge >= 0.3 is 11.9 Å². The maximum absolute atomic E-state index is 14.9. The number of rotatable bonds is 14. The van der Waals surface area contributed by atoms with Crippen LogP contribution in [0.5, 0.6) is 0 Å². The van der Waals surface area contributed by atoms with Gasteiger partial charge in [0.2, 0.25) is 0 Å². The van der Waals surface area contributed by atoms with Crippen LogP contribution in [0, 0.1) is 5.92 Å². The molecular formula is C55H54O17. The summed E-state index contributed by atoms with van der Waals surface area (Å²) in [7, 11) is 0. The summed E-state index contributed by atoms with van der Waals surface area (Å²) in [6, 6.07) is 34.8. The Morgan fingerprint density at radius 2 is 0.889 bits per heavy atom. The fourth-order valence-corrected chi connectivity index (χ4v) is 11.1. The molecule has 8 aromatic rings. The zero-order chi connectivity index (χ0) is 49.9. The Hall–Kier alpha value is -5.74. The number of hydrogen-bond acceptors (Lipinski definition) is 17. The van der Waals surface area contributed by atoms with Gasteiger partial charge in [0.1, 0.15) is 61.0 Å². The standard InChI is InChI=1S/C55H54O17/c56-23-38-45(58)47(60)49(62)54(70-38)66-21-19-36-40(69-52(64)34-17-13-30-9-7-26-3-1-5-28-11-15-32(34)43(30)41(26)28)25-68-37(20-22-67-55-50(63)48(61)46(59)39(24-57)71-55)51(36)72-53(65)35-18-14-31-10-8-27-4-2-6-29-12-16-33(35)44(31)42(27)29/h1-18,36-40,45-51,54-63H,19-25H2/t36-,37-,38+,39+,40+,45+,46+,47-,48-,49-,50-,51+,54-,55-/m0/s1. The average Bonchev–Trinajstić information content (AvgIpc) is 3.40. The molecule has 0 radical (unpaired) electrons. The number of carbonyl (C=O) groups is 2. The minimum Gasteiger partial charge on any atom is -0.456 e. The maximum atomic E-state index is 14.9. The van der Waals surface area contributed by atoms with E-state index in [1.807, 2.05) is 97.1 Å². The van der Waals surface area contributed by atoms with Gasteiger partial charge in [-0.2, -0.15) is 0 Å². The molecule has 3 aliphatic rings. The van der Waals surface area contributed by atoms with Crippen LogP contribution in [0.15, 0.2) is 109 Å². The lowest BCUT2D eigenvalue weighted by Crippen LogP contribution is -2.59. The number of carbonyl (C=O) groups excluding carboxylic acids is 2. The molecule has 72 heavy (non-hydrogen) atoms. The van der Waals surface area contributed by atoms with E-state index in [0.29, 0.717) is 10.8 Å². The van der Waals surface area contributed by atoms with E-state index < -0.39 is 111 Å². The van der Waals surface area contributed by atoms with Crippen molar-refractivity contribution in [3.05, 3.63) is 120 Å². The van der Waals surface area contributed by atoms with Crippen molar-refractivity contribution in [2.45, 2.75) is 92.6 Å². The van der Waals surface area contributed by atoms with Gasteiger partial charge < -0.3 is 74.0 Å². The number of aliphatic hydroxyl groups excluding tert-OH is 8. The molecule has 14 atom stereocenters. The minimum absolute atomic E-state index is 0.0226. The summed E-state index contributed by atoms with van der Waals surface area (Å²) >= 11 is 0. The molecule has 17 heteroatoms. The Balaban J connectivity index is 0.941. The highest BCUT2D eigenvalue weighted by Gasteiger charge is 2.48. The van der Waals surface area contributed by atoms with E-state index in [2.05, 4.69) is 0 Å². The molecule has 8 aromatic carbocycles. The van der Waals surface area contributed by atoms with Crippen molar-refractivity contribution in [2.75, 3.05) is 33.0 Å². The number of aliphatic hydroxyl groups is 8. The lowest BCUT2D eigenvalue weighted by atomic mass is 9.85. The number of esters is 2. The molecule has 3 heterocycles. The van der Waals surface area contributed by atoms with Crippen LogP contribution in [0.3, 0.4) is 0 Å². The van der Waals surface area contributed by atoms with Gasteiger partial charge in [-0.1, -0.05) is 97.1 Å². The Morgan fingerprint density at radius 1 is 0.472 bits per heavy atom. The van der Waals surface area contributed by atoms with E-state index in [1.165, 1.54) is 0 Å². The van der Waals surface area contributed by atoms with Crippen molar-refractivity contribution in [1.29, 1.82) is 0 Å². The maximum Gasteiger partial charge on any atom is 0.339 e. The van der Waals surface area contributed by atoms with Crippen molar-refractivity contribution in [2.24, 2.45) is 5.92 Å². The van der Waals surface area contributed by atoms with Crippen LogP contribution in [0.1, 0.15) is 33.6 Å². The van der Waals surface area contributed by atoms with Crippen molar-refractivity contribution in [1.82, 2.24) is 0 Å². The number of benzene rings is 8. The average molecular weight is 987 g/mol. The lowest BCUT2D eigenvalue weighted by Gasteiger charge is -2.43. The summed E-state index contributed by atoms with van der Waals surface area (Å²) in [6.07, 6.45) is -18.8. The van der Waals surface area contributed by atoms with Crippen molar-refractivity contribution in [3.63, 3.8) is 0 Å². The highest BCUT2D eigenvalue weighted by atomic mass is 16.7. The molecule has 8 N–H and O–H groups in total. The lowest BCUT2D eigenvalue weighted by molar-refractivity contribution is -0.304. The number of hydrogen-bond donors (Lipinski definition) is 8. The van der Waals surface area contributed by atoms with Crippen LogP contribution in [0.25, 0.3) is 64.6 Å². The Kier molecular flexibility index (Phi) is 13.4. The summed E-state index contributed by atoms with van der Waals surface area (Å²) in [5.74, 6) is -2.31. The van der Waals surface area contributed by atoms with Crippen molar-refractivity contribution >= 4 is 76.6 Å². The zero-order valence-electron chi connectivity index (χ0n) is 38.7. The summed E-state index contributed by atoms with van der Waals surface area (Å²) in [5.41, 5.74) is 0.537. The van der Waals surface area contributed by atoms with E-state index in [1.54, 1.807) is 12.1 Å². The van der Waals surface area contributed by atoms with Crippen LogP contribution in [0.2, 0.25) is 0 Å². The third-order valence-electron chi connectivity index (χ3n) is 14.9. The molecule has 3 saturated heterocycles. The molecule has 3 aliphatic heterocycles. The predicted molar refractivity (Wildman–Crippen MR) is 261 cm³/mol. The van der Waals surface area contributed by atoms with Gasteiger partial charge in [0.15, 0.2) is 12.6 Å². The zero-order valence-corrected chi connectivity index (χ0v) is 38.7. The first-order valence-corrected chi connectivity index (χ1v) is 24.1. The van der Waals surface area contributed by atoms with Crippen molar-refractivity contribution < 1.29 is 83.6 Å². The van der Waals surface area contributed by atoms with E-state index >= 15 is 0 Å². The van der Waals surface area contributed by atoms with Crippen LogP contribution in [0.4, 0.5) is 0 Å². The largest absolute Gasteiger partial charge is 0.456 e. The van der Waals surface area contributed by atoms with E-state index in [0.717, 1.165) is 53.9 Å². The molecule has 0 bridgehead atoms. The van der Waals surface area contributed by atoms with Gasteiger partial charge in [-0.3, -0.25) is 0 Å². The van der Waals surface area contributed by atoms with Gasteiger partial charge in [-0.15, -0.1) is 0 Å². The second kappa shape index (κ2) is 19.9. The second-order valence-corrected chi connectivity index (χ2v) is 19.0. The fourth-order valence-electron chi connectivity index (χ4n) is 11.1. The first-order valence-electron chi connectivity index (χ1n) is 24.1. The van der Waals surface area contributed by atoms with Crippen LogP contribution in [-0.2, 0) is 33.2 Å². The third kappa shape index (κ3) is 8.57. The SMILES string of the molecule is O=C(O[C@@H]1[C@@H](CCO[C@H]2O[C@H](CO)[C@@H](O)[C@H](O)[C@@H]2O)[C@H](OC(=O)c2ccc3ccc4cccc5ccc2c3c45)CO[C@H]1CCO[C@H]1O[C@H](CO)[C@@H](O)[C@H](O)[C@@H]1O)c1ccc2ccc3cccc4ccc1c2c34. The topological polar surface area (TPSA) is 261 Å². The van der Waals surface area contributed by atoms with Gasteiger partial charge in [0, 0.05) is 12.3 Å².